The lowest BCUT2D eigenvalue weighted by Crippen LogP contribution is -2.41. The van der Waals surface area contributed by atoms with Crippen LogP contribution in [0.3, 0.4) is 0 Å². The van der Waals surface area contributed by atoms with Gasteiger partial charge in [-0.05, 0) is 62.4 Å². The Hall–Kier alpha value is -2.61. The summed E-state index contributed by atoms with van der Waals surface area (Å²) in [7, 11) is -3.86. The molecule has 1 N–H and O–H groups in total. The van der Waals surface area contributed by atoms with Crippen LogP contribution in [0.2, 0.25) is 0 Å². The smallest absolute Gasteiger partial charge is 0.243 e. The summed E-state index contributed by atoms with van der Waals surface area (Å²) in [6, 6.07) is 22.1. The number of thioether (sulfide) groups is 1. The van der Waals surface area contributed by atoms with Gasteiger partial charge in [-0.1, -0.05) is 59.7 Å². The van der Waals surface area contributed by atoms with Crippen LogP contribution >= 0.6 is 11.8 Å². The lowest BCUT2D eigenvalue weighted by atomic mass is 10.1. The lowest BCUT2D eigenvalue weighted by Gasteiger charge is -2.23. The van der Waals surface area contributed by atoms with Gasteiger partial charge in [0, 0.05) is 11.4 Å². The number of aryl methyl sites for hydroxylation is 2. The van der Waals surface area contributed by atoms with Crippen molar-refractivity contribution in [2.45, 2.75) is 43.1 Å². The molecule has 33 heavy (non-hydrogen) atoms. The van der Waals surface area contributed by atoms with Crippen LogP contribution in [0.25, 0.3) is 0 Å². The van der Waals surface area contributed by atoms with E-state index in [0.29, 0.717) is 0 Å². The number of amides is 1. The molecule has 5 nitrogen and oxygen atoms in total. The normalized spacial score (nSPS) is 12.5. The third-order valence-corrected chi connectivity index (χ3v) is 7.96. The molecule has 0 fully saturated rings. The first-order chi connectivity index (χ1) is 15.7. The third kappa shape index (κ3) is 6.69. The fourth-order valence-electron chi connectivity index (χ4n) is 3.52. The number of hydrogen-bond donors (Lipinski definition) is 1. The standard InChI is InChI=1S/C26H30N2O3S2/c1-19-8-14-25(15-9-19)33(30,31)28(17-22-7-5-6-20(2)16-22)18-26(29)27-21(3)23-10-12-24(32-4)13-11-23/h5-16,21H,17-18H2,1-4H3,(H,27,29)/t21-/m0/s1. The molecule has 1 amide bonds. The summed E-state index contributed by atoms with van der Waals surface area (Å²) in [5, 5.41) is 2.94. The first-order valence-electron chi connectivity index (χ1n) is 10.7. The molecule has 0 unspecified atom stereocenters. The summed E-state index contributed by atoms with van der Waals surface area (Å²) >= 11 is 1.65. The predicted octanol–water partition coefficient (Wildman–Crippen LogP) is 5.09. The van der Waals surface area contributed by atoms with Gasteiger partial charge in [0.05, 0.1) is 17.5 Å². The highest BCUT2D eigenvalue weighted by Crippen LogP contribution is 2.21. The van der Waals surface area contributed by atoms with E-state index in [-0.39, 0.29) is 29.9 Å². The maximum absolute atomic E-state index is 13.4. The Morgan fingerprint density at radius 2 is 1.64 bits per heavy atom. The first-order valence-corrected chi connectivity index (χ1v) is 13.4. The second kappa shape index (κ2) is 11.0. The minimum atomic E-state index is -3.86. The number of carbonyl (C=O) groups excluding carboxylic acids is 1. The molecule has 3 aromatic rings. The molecular weight excluding hydrogens is 452 g/mol. The number of carbonyl (C=O) groups is 1. The molecule has 0 bridgehead atoms. The SMILES string of the molecule is CSc1ccc([C@H](C)NC(=O)CN(Cc2cccc(C)c2)S(=O)(=O)c2ccc(C)cc2)cc1. The first kappa shape index (κ1) is 25.0. The number of sulfonamides is 1. The van der Waals surface area contributed by atoms with Crippen molar-refractivity contribution in [1.82, 2.24) is 9.62 Å². The highest BCUT2D eigenvalue weighted by atomic mass is 32.2. The minimum Gasteiger partial charge on any atom is -0.348 e. The van der Waals surface area contributed by atoms with Crippen molar-refractivity contribution in [3.63, 3.8) is 0 Å². The van der Waals surface area contributed by atoms with Gasteiger partial charge in [0.25, 0.3) is 0 Å². The topological polar surface area (TPSA) is 66.5 Å². The van der Waals surface area contributed by atoms with Crippen molar-refractivity contribution in [2.75, 3.05) is 12.8 Å². The lowest BCUT2D eigenvalue weighted by molar-refractivity contribution is -0.122. The highest BCUT2D eigenvalue weighted by molar-refractivity contribution is 7.98. The summed E-state index contributed by atoms with van der Waals surface area (Å²) in [4.78, 5) is 14.2. The Morgan fingerprint density at radius 1 is 0.970 bits per heavy atom. The van der Waals surface area contributed by atoms with Crippen molar-refractivity contribution >= 4 is 27.7 Å². The molecule has 1 atom stereocenters. The van der Waals surface area contributed by atoms with E-state index in [1.165, 1.54) is 4.31 Å². The maximum Gasteiger partial charge on any atom is 0.243 e. The van der Waals surface area contributed by atoms with Gasteiger partial charge < -0.3 is 5.32 Å². The van der Waals surface area contributed by atoms with Gasteiger partial charge in [-0.3, -0.25) is 4.79 Å². The fraction of sp³-hybridized carbons (Fsp3) is 0.269. The number of benzene rings is 3. The van der Waals surface area contributed by atoms with Crippen LogP contribution < -0.4 is 5.32 Å². The van der Waals surface area contributed by atoms with Gasteiger partial charge in [-0.15, -0.1) is 11.8 Å². The second-order valence-electron chi connectivity index (χ2n) is 8.14. The molecule has 3 aromatic carbocycles. The summed E-state index contributed by atoms with van der Waals surface area (Å²) in [5.41, 5.74) is 3.80. The largest absolute Gasteiger partial charge is 0.348 e. The van der Waals surface area contributed by atoms with E-state index >= 15 is 0 Å². The Kier molecular flexibility index (Phi) is 8.35. The molecule has 3 rings (SSSR count). The Morgan fingerprint density at radius 3 is 2.24 bits per heavy atom. The van der Waals surface area contributed by atoms with Gasteiger partial charge in [0.2, 0.25) is 15.9 Å². The summed E-state index contributed by atoms with van der Waals surface area (Å²) in [6.07, 6.45) is 2.01. The Labute approximate surface area is 201 Å². The van der Waals surface area contributed by atoms with E-state index in [1.807, 2.05) is 75.6 Å². The quantitative estimate of drug-likeness (QED) is 0.431. The molecule has 0 radical (unpaired) electrons. The predicted molar refractivity (Wildman–Crippen MR) is 135 cm³/mol. The number of nitrogens with zero attached hydrogens (tertiary/aromatic N) is 1. The number of nitrogens with one attached hydrogen (secondary N) is 1. The molecule has 7 heteroatoms. The number of hydrogen-bond acceptors (Lipinski definition) is 4. The van der Waals surface area contributed by atoms with Gasteiger partial charge >= 0.3 is 0 Å². The zero-order chi connectivity index (χ0) is 24.0. The van der Waals surface area contributed by atoms with Crippen LogP contribution in [0.15, 0.2) is 82.6 Å². The zero-order valence-corrected chi connectivity index (χ0v) is 21.0. The van der Waals surface area contributed by atoms with E-state index in [9.17, 15) is 13.2 Å². The fourth-order valence-corrected chi connectivity index (χ4v) is 5.32. The average Bonchev–Trinajstić information content (AvgIpc) is 2.79. The average molecular weight is 483 g/mol. The van der Waals surface area contributed by atoms with Crippen LogP contribution in [0, 0.1) is 13.8 Å². The van der Waals surface area contributed by atoms with Crippen LogP contribution in [0.4, 0.5) is 0 Å². The minimum absolute atomic E-state index is 0.113. The van der Waals surface area contributed by atoms with Crippen molar-refractivity contribution < 1.29 is 13.2 Å². The molecule has 174 valence electrons. The van der Waals surface area contributed by atoms with E-state index < -0.39 is 10.0 Å². The zero-order valence-electron chi connectivity index (χ0n) is 19.4. The third-order valence-electron chi connectivity index (χ3n) is 5.41. The Bertz CT molecular complexity index is 1190. The molecule has 0 saturated carbocycles. The van der Waals surface area contributed by atoms with Crippen LogP contribution in [0.5, 0.6) is 0 Å². The summed E-state index contributed by atoms with van der Waals surface area (Å²) in [6.45, 7) is 5.60. The van der Waals surface area contributed by atoms with Crippen LogP contribution in [-0.2, 0) is 21.4 Å². The summed E-state index contributed by atoms with van der Waals surface area (Å²) in [5.74, 6) is -0.347. The molecule has 0 aliphatic rings. The van der Waals surface area contributed by atoms with Gasteiger partial charge in [0.15, 0.2) is 0 Å². The van der Waals surface area contributed by atoms with Crippen molar-refractivity contribution in [1.29, 1.82) is 0 Å². The molecule has 0 aliphatic carbocycles. The van der Waals surface area contributed by atoms with Crippen molar-refractivity contribution in [3.8, 4) is 0 Å². The van der Waals surface area contributed by atoms with E-state index in [2.05, 4.69) is 5.32 Å². The molecule has 0 heterocycles. The molecule has 0 spiro atoms. The van der Waals surface area contributed by atoms with Crippen LogP contribution in [-0.4, -0.2) is 31.4 Å². The van der Waals surface area contributed by atoms with Gasteiger partial charge in [0.1, 0.15) is 0 Å². The maximum atomic E-state index is 13.4. The van der Waals surface area contributed by atoms with Gasteiger partial charge in [-0.25, -0.2) is 8.42 Å². The monoisotopic (exact) mass is 482 g/mol. The van der Waals surface area contributed by atoms with Gasteiger partial charge in [-0.2, -0.15) is 4.31 Å². The van der Waals surface area contributed by atoms with Crippen molar-refractivity contribution in [3.05, 3.63) is 95.1 Å². The van der Waals surface area contributed by atoms with E-state index in [4.69, 9.17) is 0 Å². The molecular formula is C26H30N2O3S2. The van der Waals surface area contributed by atoms with Crippen LogP contribution in [0.1, 0.15) is 35.2 Å². The molecule has 0 aliphatic heterocycles. The van der Waals surface area contributed by atoms with E-state index in [0.717, 1.165) is 27.1 Å². The summed E-state index contributed by atoms with van der Waals surface area (Å²) < 4.78 is 28.1. The second-order valence-corrected chi connectivity index (χ2v) is 11.0. The highest BCUT2D eigenvalue weighted by Gasteiger charge is 2.27. The number of rotatable bonds is 9. The Balaban J connectivity index is 1.82. The van der Waals surface area contributed by atoms with E-state index in [1.54, 1.807) is 36.0 Å². The molecule has 0 saturated heterocycles. The molecule has 0 aromatic heterocycles. The van der Waals surface area contributed by atoms with Crippen molar-refractivity contribution in [2.24, 2.45) is 0 Å².